The van der Waals surface area contributed by atoms with Crippen molar-refractivity contribution in [3.05, 3.63) is 28.8 Å². The minimum Gasteiger partial charge on any atom is -0.368 e. The summed E-state index contributed by atoms with van der Waals surface area (Å²) in [6.07, 6.45) is 0.552. The van der Waals surface area contributed by atoms with Gasteiger partial charge in [-0.1, -0.05) is 17.7 Å². The van der Waals surface area contributed by atoms with Gasteiger partial charge in [-0.05, 0) is 24.6 Å². The number of rotatable bonds is 2. The highest BCUT2D eigenvalue weighted by molar-refractivity contribution is 6.30. The molecule has 1 aliphatic heterocycles. The van der Waals surface area contributed by atoms with Crippen molar-refractivity contribution in [2.24, 2.45) is 0 Å². The Hall–Kier alpha value is -1.24. The fourth-order valence-electron chi connectivity index (χ4n) is 2.21. The second-order valence-electron chi connectivity index (χ2n) is 4.39. The van der Waals surface area contributed by atoms with Gasteiger partial charge in [0, 0.05) is 36.4 Å². The van der Waals surface area contributed by atoms with Gasteiger partial charge in [-0.15, -0.1) is 0 Å². The Bertz CT molecular complexity index is 439. The molecule has 90 valence electrons. The number of piperazine rings is 1. The highest BCUT2D eigenvalue weighted by Gasteiger charge is 2.20. The number of nitriles is 1. The van der Waals surface area contributed by atoms with E-state index in [0.29, 0.717) is 6.42 Å². The minimum atomic E-state index is 0.257. The fourth-order valence-corrected chi connectivity index (χ4v) is 2.38. The van der Waals surface area contributed by atoms with E-state index < -0.39 is 0 Å². The van der Waals surface area contributed by atoms with Crippen molar-refractivity contribution in [3.63, 3.8) is 0 Å². The Morgan fingerprint density at radius 1 is 1.59 bits per heavy atom. The third kappa shape index (κ3) is 2.91. The van der Waals surface area contributed by atoms with Crippen LogP contribution in [0.2, 0.25) is 5.02 Å². The van der Waals surface area contributed by atoms with E-state index in [1.54, 1.807) is 0 Å². The molecule has 1 saturated heterocycles. The van der Waals surface area contributed by atoms with Crippen LogP contribution in [-0.2, 0) is 0 Å². The van der Waals surface area contributed by atoms with Crippen LogP contribution in [0.4, 0.5) is 5.69 Å². The first-order valence-electron chi connectivity index (χ1n) is 5.82. The summed E-state index contributed by atoms with van der Waals surface area (Å²) < 4.78 is 0. The molecule has 1 aromatic rings. The zero-order valence-electron chi connectivity index (χ0n) is 9.91. The Labute approximate surface area is 107 Å². The van der Waals surface area contributed by atoms with E-state index in [0.717, 1.165) is 24.7 Å². The lowest BCUT2D eigenvalue weighted by Gasteiger charge is -2.35. The van der Waals surface area contributed by atoms with E-state index in [1.807, 2.05) is 18.2 Å². The van der Waals surface area contributed by atoms with E-state index in [-0.39, 0.29) is 6.04 Å². The van der Waals surface area contributed by atoms with E-state index in [4.69, 9.17) is 16.9 Å². The van der Waals surface area contributed by atoms with Crippen molar-refractivity contribution in [1.29, 1.82) is 5.26 Å². The molecule has 0 amide bonds. The number of halogens is 1. The second kappa shape index (κ2) is 5.39. The molecule has 1 aliphatic rings. The number of benzene rings is 1. The van der Waals surface area contributed by atoms with E-state index in [1.165, 1.54) is 11.3 Å². The molecule has 2 rings (SSSR count). The summed E-state index contributed by atoms with van der Waals surface area (Å²) >= 11 is 6.04. The number of aryl methyl sites for hydroxylation is 1. The van der Waals surface area contributed by atoms with E-state index in [2.05, 4.69) is 23.2 Å². The van der Waals surface area contributed by atoms with Crippen LogP contribution >= 0.6 is 11.6 Å². The first-order valence-corrected chi connectivity index (χ1v) is 6.20. The normalized spacial score (nSPS) is 20.1. The summed E-state index contributed by atoms with van der Waals surface area (Å²) in [6, 6.07) is 8.44. The van der Waals surface area contributed by atoms with Gasteiger partial charge in [0.15, 0.2) is 0 Å². The fraction of sp³-hybridized carbons (Fsp3) is 0.462. The molecule has 4 heteroatoms. The summed E-state index contributed by atoms with van der Waals surface area (Å²) in [6.45, 7) is 4.84. The maximum atomic E-state index is 8.74. The summed E-state index contributed by atoms with van der Waals surface area (Å²) in [5, 5.41) is 12.9. The van der Waals surface area contributed by atoms with Gasteiger partial charge in [-0.2, -0.15) is 5.26 Å². The molecular formula is C13H16ClN3. The SMILES string of the molecule is Cc1ccc(Cl)cc1N1CCNC(CC#N)C1. The average Bonchev–Trinajstić information content (AvgIpc) is 2.33. The molecule has 0 aliphatic carbocycles. The van der Waals surface area contributed by atoms with Crippen molar-refractivity contribution in [3.8, 4) is 6.07 Å². The van der Waals surface area contributed by atoms with Crippen LogP contribution in [0.25, 0.3) is 0 Å². The highest BCUT2D eigenvalue weighted by atomic mass is 35.5. The highest BCUT2D eigenvalue weighted by Crippen LogP contribution is 2.25. The van der Waals surface area contributed by atoms with Crippen LogP contribution in [0.3, 0.4) is 0 Å². The van der Waals surface area contributed by atoms with E-state index >= 15 is 0 Å². The third-order valence-electron chi connectivity index (χ3n) is 3.11. The zero-order valence-corrected chi connectivity index (χ0v) is 10.7. The summed E-state index contributed by atoms with van der Waals surface area (Å²) in [5.41, 5.74) is 2.41. The lowest BCUT2D eigenvalue weighted by Crippen LogP contribution is -2.50. The van der Waals surface area contributed by atoms with Crippen molar-refractivity contribution in [2.75, 3.05) is 24.5 Å². The van der Waals surface area contributed by atoms with Crippen molar-refractivity contribution in [1.82, 2.24) is 5.32 Å². The Morgan fingerprint density at radius 3 is 3.18 bits per heavy atom. The molecule has 0 bridgehead atoms. The maximum absolute atomic E-state index is 8.74. The van der Waals surface area contributed by atoms with Gasteiger partial charge < -0.3 is 10.2 Å². The van der Waals surface area contributed by atoms with Gasteiger partial charge >= 0.3 is 0 Å². The molecule has 1 fully saturated rings. The van der Waals surface area contributed by atoms with Gasteiger partial charge in [0.05, 0.1) is 12.5 Å². The molecule has 1 heterocycles. The third-order valence-corrected chi connectivity index (χ3v) is 3.34. The molecule has 0 radical (unpaired) electrons. The van der Waals surface area contributed by atoms with Crippen LogP contribution in [-0.4, -0.2) is 25.7 Å². The summed E-state index contributed by atoms with van der Waals surface area (Å²) in [5.74, 6) is 0. The second-order valence-corrected chi connectivity index (χ2v) is 4.83. The smallest absolute Gasteiger partial charge is 0.0638 e. The molecule has 1 unspecified atom stereocenters. The predicted octanol–water partition coefficient (Wildman–Crippen LogP) is 2.34. The summed E-state index contributed by atoms with van der Waals surface area (Å²) in [7, 11) is 0. The topological polar surface area (TPSA) is 39.1 Å². The lowest BCUT2D eigenvalue weighted by atomic mass is 10.1. The standard InChI is InChI=1S/C13H16ClN3/c1-10-2-3-11(14)8-13(10)17-7-6-16-12(9-17)4-5-15/h2-3,8,12,16H,4,6-7,9H2,1H3. The van der Waals surface area contributed by atoms with Gasteiger partial charge in [-0.3, -0.25) is 0 Å². The number of nitrogens with one attached hydrogen (secondary N) is 1. The Morgan fingerprint density at radius 2 is 2.41 bits per heavy atom. The Kier molecular flexibility index (Phi) is 3.88. The monoisotopic (exact) mass is 249 g/mol. The van der Waals surface area contributed by atoms with Gasteiger partial charge in [0.1, 0.15) is 0 Å². The molecule has 3 nitrogen and oxygen atoms in total. The quantitative estimate of drug-likeness (QED) is 0.875. The molecule has 1 atom stereocenters. The molecular weight excluding hydrogens is 234 g/mol. The summed E-state index contributed by atoms with van der Waals surface area (Å²) in [4.78, 5) is 2.31. The number of hydrogen-bond acceptors (Lipinski definition) is 3. The molecule has 0 saturated carbocycles. The minimum absolute atomic E-state index is 0.257. The largest absolute Gasteiger partial charge is 0.368 e. The lowest BCUT2D eigenvalue weighted by molar-refractivity contribution is 0.462. The maximum Gasteiger partial charge on any atom is 0.0638 e. The van der Waals surface area contributed by atoms with Crippen molar-refractivity contribution < 1.29 is 0 Å². The average molecular weight is 250 g/mol. The van der Waals surface area contributed by atoms with Crippen LogP contribution in [0.15, 0.2) is 18.2 Å². The molecule has 17 heavy (non-hydrogen) atoms. The van der Waals surface area contributed by atoms with Crippen molar-refractivity contribution in [2.45, 2.75) is 19.4 Å². The number of anilines is 1. The molecule has 1 aromatic carbocycles. The van der Waals surface area contributed by atoms with Crippen LogP contribution in [0.5, 0.6) is 0 Å². The van der Waals surface area contributed by atoms with Crippen molar-refractivity contribution >= 4 is 17.3 Å². The predicted molar refractivity (Wildman–Crippen MR) is 70.4 cm³/mol. The van der Waals surface area contributed by atoms with Crippen LogP contribution < -0.4 is 10.2 Å². The zero-order chi connectivity index (χ0) is 12.3. The molecule has 1 N–H and O–H groups in total. The van der Waals surface area contributed by atoms with E-state index in [9.17, 15) is 0 Å². The van der Waals surface area contributed by atoms with Gasteiger partial charge in [0.2, 0.25) is 0 Å². The first kappa shape index (κ1) is 12.2. The molecule has 0 aromatic heterocycles. The van der Waals surface area contributed by atoms with Gasteiger partial charge in [0.25, 0.3) is 0 Å². The number of hydrogen-bond donors (Lipinski definition) is 1. The Balaban J connectivity index is 2.16. The first-order chi connectivity index (χ1) is 8.20. The number of nitrogens with zero attached hydrogens (tertiary/aromatic N) is 2. The van der Waals surface area contributed by atoms with Crippen LogP contribution in [0, 0.1) is 18.3 Å². The molecule has 0 spiro atoms. The van der Waals surface area contributed by atoms with Crippen LogP contribution in [0.1, 0.15) is 12.0 Å². The van der Waals surface area contributed by atoms with Gasteiger partial charge in [-0.25, -0.2) is 0 Å².